The van der Waals surface area contributed by atoms with E-state index in [9.17, 15) is 4.79 Å². The van der Waals surface area contributed by atoms with Crippen LogP contribution in [0.4, 0.5) is 11.8 Å². The zero-order chi connectivity index (χ0) is 22.7. The first-order chi connectivity index (χ1) is 15.3. The number of piperidine rings is 1. The monoisotopic (exact) mass is 457 g/mol. The molecule has 0 aliphatic carbocycles. The minimum absolute atomic E-state index is 0.0139. The molecule has 1 aromatic carbocycles. The Morgan fingerprint density at radius 1 is 0.938 bits per heavy atom. The van der Waals surface area contributed by atoms with Gasteiger partial charge in [-0.15, -0.1) is 0 Å². The molecule has 7 nitrogen and oxygen atoms in total. The van der Waals surface area contributed by atoms with Gasteiger partial charge in [0.25, 0.3) is 5.91 Å². The number of anilines is 2. The van der Waals surface area contributed by atoms with Crippen LogP contribution in [0.3, 0.4) is 0 Å². The molecule has 0 unspecified atom stereocenters. The van der Waals surface area contributed by atoms with Gasteiger partial charge in [0.15, 0.2) is 5.60 Å². The van der Waals surface area contributed by atoms with E-state index in [0.29, 0.717) is 23.9 Å². The molecule has 2 aromatic rings. The van der Waals surface area contributed by atoms with Crippen LogP contribution in [0.15, 0.2) is 30.3 Å². The van der Waals surface area contributed by atoms with E-state index in [4.69, 9.17) is 21.3 Å². The molecule has 0 N–H and O–H groups in total. The molecule has 0 spiro atoms. The first-order valence-corrected chi connectivity index (χ1v) is 11.8. The zero-order valence-corrected chi connectivity index (χ0v) is 19.9. The highest BCUT2D eigenvalue weighted by atomic mass is 35.5. The lowest BCUT2D eigenvalue weighted by Crippen LogP contribution is -2.56. The molecule has 2 fully saturated rings. The zero-order valence-electron chi connectivity index (χ0n) is 19.2. The number of hydrogen-bond acceptors (Lipinski definition) is 6. The number of piperazine rings is 1. The number of benzene rings is 1. The third-order valence-electron chi connectivity index (χ3n) is 6.06. The van der Waals surface area contributed by atoms with Gasteiger partial charge < -0.3 is 19.4 Å². The van der Waals surface area contributed by atoms with Gasteiger partial charge in [0.05, 0.1) is 0 Å². The molecule has 2 aliphatic heterocycles. The predicted molar refractivity (Wildman–Crippen MR) is 128 cm³/mol. The van der Waals surface area contributed by atoms with Crippen LogP contribution in [0.2, 0.25) is 5.02 Å². The fourth-order valence-corrected chi connectivity index (χ4v) is 4.42. The van der Waals surface area contributed by atoms with E-state index >= 15 is 0 Å². The summed E-state index contributed by atoms with van der Waals surface area (Å²) in [5, 5.41) is 0.640. The molecular formula is C24H32ClN5O2. The first kappa shape index (κ1) is 22.6. The van der Waals surface area contributed by atoms with Gasteiger partial charge in [0, 0.05) is 56.1 Å². The number of carbonyl (C=O) groups is 1. The third kappa shape index (κ3) is 5.26. The second-order valence-corrected chi connectivity index (χ2v) is 9.50. The minimum atomic E-state index is -0.955. The maximum absolute atomic E-state index is 13.2. The molecule has 2 saturated heterocycles. The van der Waals surface area contributed by atoms with Crippen molar-refractivity contribution >= 4 is 29.3 Å². The SMILES string of the molecule is Cc1cc(N2CCN(C(=O)C(C)(C)Oc3ccc(Cl)cc3)CC2)nc(N2CCCCC2)n1. The van der Waals surface area contributed by atoms with Crippen LogP contribution >= 0.6 is 11.6 Å². The van der Waals surface area contributed by atoms with E-state index in [-0.39, 0.29) is 5.91 Å². The summed E-state index contributed by atoms with van der Waals surface area (Å²) in [7, 11) is 0. The minimum Gasteiger partial charge on any atom is -0.478 e. The highest BCUT2D eigenvalue weighted by Crippen LogP contribution is 2.25. The quantitative estimate of drug-likeness (QED) is 0.677. The van der Waals surface area contributed by atoms with Crippen LogP contribution in [0.25, 0.3) is 0 Å². The molecule has 3 heterocycles. The maximum atomic E-state index is 13.2. The van der Waals surface area contributed by atoms with Crippen LogP contribution in [0, 0.1) is 6.92 Å². The second kappa shape index (κ2) is 9.53. The maximum Gasteiger partial charge on any atom is 0.266 e. The van der Waals surface area contributed by atoms with Gasteiger partial charge in [0.2, 0.25) is 5.95 Å². The summed E-state index contributed by atoms with van der Waals surface area (Å²) in [6.07, 6.45) is 3.67. The Kier molecular flexibility index (Phi) is 6.74. The average Bonchev–Trinajstić information content (AvgIpc) is 2.80. The van der Waals surface area contributed by atoms with Crippen LogP contribution in [0.5, 0.6) is 5.75 Å². The summed E-state index contributed by atoms with van der Waals surface area (Å²) in [5.41, 5.74) is 0.0229. The number of carbonyl (C=O) groups excluding carboxylic acids is 1. The summed E-state index contributed by atoms with van der Waals surface area (Å²) >= 11 is 5.95. The lowest BCUT2D eigenvalue weighted by molar-refractivity contribution is -0.145. The summed E-state index contributed by atoms with van der Waals surface area (Å²) in [6, 6.07) is 9.13. The van der Waals surface area contributed by atoms with Gasteiger partial charge in [-0.2, -0.15) is 4.98 Å². The van der Waals surface area contributed by atoms with E-state index in [1.54, 1.807) is 24.3 Å². The standard InChI is InChI=1S/C24H32ClN5O2/c1-18-17-21(27-23(26-18)30-11-5-4-6-12-30)28-13-15-29(16-14-28)22(31)24(2,3)32-20-9-7-19(25)8-10-20/h7-10,17H,4-6,11-16H2,1-3H3. The fourth-order valence-electron chi connectivity index (χ4n) is 4.29. The largest absolute Gasteiger partial charge is 0.478 e. The Morgan fingerprint density at radius 3 is 2.25 bits per heavy atom. The Labute approximate surface area is 195 Å². The topological polar surface area (TPSA) is 61.8 Å². The summed E-state index contributed by atoms with van der Waals surface area (Å²) < 4.78 is 5.99. The average molecular weight is 458 g/mol. The number of aromatic nitrogens is 2. The first-order valence-electron chi connectivity index (χ1n) is 11.4. The fraction of sp³-hybridized carbons (Fsp3) is 0.542. The lowest BCUT2D eigenvalue weighted by Gasteiger charge is -2.39. The van der Waals surface area contributed by atoms with Crippen molar-refractivity contribution in [2.75, 3.05) is 49.1 Å². The van der Waals surface area contributed by atoms with Crippen molar-refractivity contribution < 1.29 is 9.53 Å². The molecule has 8 heteroatoms. The van der Waals surface area contributed by atoms with E-state index in [1.807, 2.05) is 31.7 Å². The van der Waals surface area contributed by atoms with Crippen molar-refractivity contribution in [2.24, 2.45) is 0 Å². The highest BCUT2D eigenvalue weighted by molar-refractivity contribution is 6.30. The van der Waals surface area contributed by atoms with Crippen molar-refractivity contribution in [1.29, 1.82) is 0 Å². The Balaban J connectivity index is 1.38. The Morgan fingerprint density at radius 2 is 1.59 bits per heavy atom. The number of aryl methyl sites for hydroxylation is 1. The van der Waals surface area contributed by atoms with Crippen LogP contribution < -0.4 is 14.5 Å². The number of halogens is 1. The normalized spacial score (nSPS) is 17.4. The van der Waals surface area contributed by atoms with Gasteiger partial charge >= 0.3 is 0 Å². The van der Waals surface area contributed by atoms with Gasteiger partial charge in [0.1, 0.15) is 11.6 Å². The predicted octanol–water partition coefficient (Wildman–Crippen LogP) is 3.93. The van der Waals surface area contributed by atoms with Gasteiger partial charge in [-0.1, -0.05) is 11.6 Å². The molecule has 0 radical (unpaired) electrons. The molecule has 2 aliphatic rings. The number of nitrogens with zero attached hydrogens (tertiary/aromatic N) is 5. The van der Waals surface area contributed by atoms with E-state index in [0.717, 1.165) is 43.6 Å². The Bertz CT molecular complexity index is 936. The van der Waals surface area contributed by atoms with Crippen molar-refractivity contribution in [2.45, 2.75) is 45.6 Å². The molecule has 172 valence electrons. The molecule has 4 rings (SSSR count). The van der Waals surface area contributed by atoms with Crippen molar-refractivity contribution in [3.8, 4) is 5.75 Å². The smallest absolute Gasteiger partial charge is 0.266 e. The van der Waals surface area contributed by atoms with Gasteiger partial charge in [-0.3, -0.25) is 4.79 Å². The Hall–Kier alpha value is -2.54. The van der Waals surface area contributed by atoms with E-state index in [1.165, 1.54) is 19.3 Å². The van der Waals surface area contributed by atoms with Crippen molar-refractivity contribution in [1.82, 2.24) is 14.9 Å². The van der Waals surface area contributed by atoms with Crippen molar-refractivity contribution in [3.63, 3.8) is 0 Å². The molecule has 1 aromatic heterocycles. The molecule has 0 saturated carbocycles. The highest BCUT2D eigenvalue weighted by Gasteiger charge is 2.36. The number of hydrogen-bond donors (Lipinski definition) is 0. The van der Waals surface area contributed by atoms with Gasteiger partial charge in [-0.05, 0) is 64.3 Å². The van der Waals surface area contributed by atoms with E-state index < -0.39 is 5.60 Å². The van der Waals surface area contributed by atoms with Gasteiger partial charge in [-0.25, -0.2) is 4.98 Å². The van der Waals surface area contributed by atoms with Crippen LogP contribution in [0.1, 0.15) is 38.8 Å². The summed E-state index contributed by atoms with van der Waals surface area (Å²) in [5.74, 6) is 2.39. The van der Waals surface area contributed by atoms with Crippen LogP contribution in [-0.2, 0) is 4.79 Å². The molecular weight excluding hydrogens is 426 g/mol. The second-order valence-electron chi connectivity index (χ2n) is 9.06. The number of amides is 1. The molecule has 0 bridgehead atoms. The van der Waals surface area contributed by atoms with Crippen molar-refractivity contribution in [3.05, 3.63) is 41.0 Å². The number of rotatable bonds is 5. The summed E-state index contributed by atoms with van der Waals surface area (Å²) in [4.78, 5) is 29.1. The lowest BCUT2D eigenvalue weighted by atomic mass is 10.1. The summed E-state index contributed by atoms with van der Waals surface area (Å²) in [6.45, 7) is 10.4. The van der Waals surface area contributed by atoms with E-state index in [2.05, 4.69) is 14.8 Å². The van der Waals surface area contributed by atoms with Crippen LogP contribution in [-0.4, -0.2) is 65.6 Å². The molecule has 32 heavy (non-hydrogen) atoms. The molecule has 1 amide bonds. The molecule has 0 atom stereocenters. The third-order valence-corrected chi connectivity index (χ3v) is 6.31. The number of ether oxygens (including phenoxy) is 1.